The Morgan fingerprint density at radius 3 is 2.39 bits per heavy atom. The predicted molar refractivity (Wildman–Crippen MR) is 128 cm³/mol. The normalized spacial score (nSPS) is 21.9. The van der Waals surface area contributed by atoms with E-state index in [0.717, 1.165) is 44.6 Å². The first kappa shape index (κ1) is 24.0. The number of piperazine rings is 1. The number of fused-ring (bicyclic) bond motifs is 3. The van der Waals surface area contributed by atoms with Crippen LogP contribution in [0, 0.1) is 0 Å². The van der Waals surface area contributed by atoms with Gasteiger partial charge in [0.1, 0.15) is 12.6 Å². The van der Waals surface area contributed by atoms with Gasteiger partial charge >= 0.3 is 0 Å². The van der Waals surface area contributed by atoms with Crippen molar-refractivity contribution in [2.45, 2.75) is 44.0 Å². The van der Waals surface area contributed by atoms with Crippen LogP contribution in [0.2, 0.25) is 0 Å². The van der Waals surface area contributed by atoms with Crippen molar-refractivity contribution in [3.63, 3.8) is 0 Å². The number of amides is 2. The van der Waals surface area contributed by atoms with Gasteiger partial charge in [-0.15, -0.1) is 0 Å². The molecule has 3 heterocycles. The number of piperidine rings is 1. The van der Waals surface area contributed by atoms with E-state index in [1.807, 2.05) is 27.0 Å². The van der Waals surface area contributed by atoms with Crippen molar-refractivity contribution in [3.05, 3.63) is 18.2 Å². The van der Waals surface area contributed by atoms with Gasteiger partial charge in [0.25, 0.3) is 0 Å². The zero-order valence-electron chi connectivity index (χ0n) is 19.9. The SMILES string of the molecule is CCN(CC)S(=O)(=O)c1ccc2c(c1)N(CC(=O)N1CCN(C)CC1)C(=O)[C@H]1CCCCN21. The van der Waals surface area contributed by atoms with Gasteiger partial charge in [0.15, 0.2) is 0 Å². The maximum atomic E-state index is 13.5. The van der Waals surface area contributed by atoms with Gasteiger partial charge < -0.3 is 14.7 Å². The number of hydrogen-bond donors (Lipinski definition) is 0. The van der Waals surface area contributed by atoms with Gasteiger partial charge in [-0.1, -0.05) is 13.8 Å². The monoisotopic (exact) mass is 477 g/mol. The molecular formula is C23H35N5O4S. The maximum Gasteiger partial charge on any atom is 0.250 e. The van der Waals surface area contributed by atoms with Crippen LogP contribution >= 0.6 is 0 Å². The lowest BCUT2D eigenvalue weighted by atomic mass is 9.96. The van der Waals surface area contributed by atoms with Gasteiger partial charge in [0.05, 0.1) is 16.3 Å². The second kappa shape index (κ2) is 9.60. The molecule has 0 saturated carbocycles. The standard InChI is InChI=1S/C23H35N5O4S/c1-4-26(5-2)33(31,32)18-9-10-19-21(16-18)28(23(30)20-8-6-7-11-27(19)20)17-22(29)25-14-12-24(3)13-15-25/h9-10,16,20H,4-8,11-15,17H2,1-3H3/t20-/m1/s1. The molecule has 182 valence electrons. The smallest absolute Gasteiger partial charge is 0.250 e. The summed E-state index contributed by atoms with van der Waals surface area (Å²) in [6.07, 6.45) is 2.71. The summed E-state index contributed by atoms with van der Waals surface area (Å²) in [5.41, 5.74) is 1.36. The molecule has 0 bridgehead atoms. The highest BCUT2D eigenvalue weighted by atomic mass is 32.2. The molecule has 2 fully saturated rings. The van der Waals surface area contributed by atoms with Gasteiger partial charge in [-0.2, -0.15) is 4.31 Å². The molecule has 2 saturated heterocycles. The average Bonchev–Trinajstić information content (AvgIpc) is 2.82. The van der Waals surface area contributed by atoms with Gasteiger partial charge in [-0.3, -0.25) is 14.5 Å². The molecular weight excluding hydrogens is 442 g/mol. The van der Waals surface area contributed by atoms with E-state index < -0.39 is 10.0 Å². The Hall–Kier alpha value is -2.17. The third-order valence-corrected chi connectivity index (χ3v) is 9.14. The summed E-state index contributed by atoms with van der Waals surface area (Å²) in [7, 11) is -1.65. The van der Waals surface area contributed by atoms with Crippen LogP contribution < -0.4 is 9.80 Å². The van der Waals surface area contributed by atoms with Gasteiger partial charge in [0.2, 0.25) is 21.8 Å². The molecule has 0 N–H and O–H groups in total. The summed E-state index contributed by atoms with van der Waals surface area (Å²) >= 11 is 0. The minimum Gasteiger partial charge on any atom is -0.358 e. The van der Waals surface area contributed by atoms with Crippen molar-refractivity contribution >= 4 is 33.2 Å². The van der Waals surface area contributed by atoms with Crippen LogP contribution in [-0.2, 0) is 19.6 Å². The number of sulfonamides is 1. The molecule has 0 aromatic heterocycles. The molecule has 1 aromatic carbocycles. The van der Waals surface area contributed by atoms with E-state index in [4.69, 9.17) is 0 Å². The summed E-state index contributed by atoms with van der Waals surface area (Å²) in [4.78, 5) is 34.4. The third kappa shape index (κ3) is 4.48. The van der Waals surface area contributed by atoms with Crippen molar-refractivity contribution in [1.82, 2.24) is 14.1 Å². The number of anilines is 2. The van der Waals surface area contributed by atoms with E-state index in [9.17, 15) is 18.0 Å². The van der Waals surface area contributed by atoms with E-state index >= 15 is 0 Å². The largest absolute Gasteiger partial charge is 0.358 e. The molecule has 0 spiro atoms. The number of carbonyl (C=O) groups is 2. The van der Waals surface area contributed by atoms with Gasteiger partial charge in [-0.25, -0.2) is 8.42 Å². The maximum absolute atomic E-state index is 13.5. The van der Waals surface area contributed by atoms with Gasteiger partial charge in [-0.05, 0) is 44.5 Å². The molecule has 0 aliphatic carbocycles. The van der Waals surface area contributed by atoms with E-state index in [1.54, 1.807) is 17.0 Å². The fraction of sp³-hybridized carbons (Fsp3) is 0.652. The molecule has 33 heavy (non-hydrogen) atoms. The summed E-state index contributed by atoms with van der Waals surface area (Å²) < 4.78 is 27.8. The fourth-order valence-electron chi connectivity index (χ4n) is 5.06. The molecule has 0 unspecified atom stereocenters. The summed E-state index contributed by atoms with van der Waals surface area (Å²) in [5.74, 6) is -0.203. The molecule has 0 radical (unpaired) electrons. The number of rotatable bonds is 6. The molecule has 1 atom stereocenters. The topological polar surface area (TPSA) is 84.5 Å². The quantitative estimate of drug-likeness (QED) is 0.612. The highest BCUT2D eigenvalue weighted by molar-refractivity contribution is 7.89. The number of nitrogens with zero attached hydrogens (tertiary/aromatic N) is 5. The summed E-state index contributed by atoms with van der Waals surface area (Å²) in [6.45, 7) is 7.93. The Labute approximate surface area is 197 Å². The van der Waals surface area contributed by atoms with Crippen LogP contribution in [0.1, 0.15) is 33.1 Å². The average molecular weight is 478 g/mol. The Balaban J connectivity index is 1.71. The van der Waals surface area contributed by atoms with Crippen LogP contribution in [0.4, 0.5) is 11.4 Å². The van der Waals surface area contributed by atoms with Gasteiger partial charge in [0, 0.05) is 45.8 Å². The number of benzene rings is 1. The lowest BCUT2D eigenvalue weighted by Crippen LogP contribution is -2.58. The van der Waals surface area contributed by atoms with Crippen LogP contribution in [0.5, 0.6) is 0 Å². The van der Waals surface area contributed by atoms with E-state index in [1.165, 1.54) is 9.21 Å². The zero-order valence-corrected chi connectivity index (χ0v) is 20.7. The Bertz CT molecular complexity index is 1000. The van der Waals surface area contributed by atoms with Crippen molar-refractivity contribution in [2.24, 2.45) is 0 Å². The minimum absolute atomic E-state index is 0.0609. The van der Waals surface area contributed by atoms with Crippen molar-refractivity contribution in [2.75, 3.05) is 69.2 Å². The lowest BCUT2D eigenvalue weighted by Gasteiger charge is -2.45. The van der Waals surface area contributed by atoms with Crippen LogP contribution in [0.15, 0.2) is 23.1 Å². The molecule has 4 rings (SSSR count). The predicted octanol–water partition coefficient (Wildman–Crippen LogP) is 1.20. The third-order valence-electron chi connectivity index (χ3n) is 7.09. The van der Waals surface area contributed by atoms with Crippen molar-refractivity contribution in [3.8, 4) is 0 Å². The summed E-state index contributed by atoms with van der Waals surface area (Å²) in [5, 5.41) is 0. The van der Waals surface area contributed by atoms with E-state index in [-0.39, 0.29) is 29.3 Å². The first-order valence-electron chi connectivity index (χ1n) is 12.0. The number of likely N-dealkylation sites (N-methyl/N-ethyl adjacent to an activating group) is 1. The molecule has 1 aromatic rings. The minimum atomic E-state index is -3.68. The first-order valence-corrected chi connectivity index (χ1v) is 13.4. The lowest BCUT2D eigenvalue weighted by molar-refractivity contribution is -0.133. The number of carbonyl (C=O) groups excluding carboxylic acids is 2. The van der Waals surface area contributed by atoms with Crippen molar-refractivity contribution in [1.29, 1.82) is 0 Å². The van der Waals surface area contributed by atoms with Crippen LogP contribution in [-0.4, -0.2) is 99.8 Å². The second-order valence-electron chi connectivity index (χ2n) is 9.05. The Kier molecular flexibility index (Phi) is 6.97. The van der Waals surface area contributed by atoms with E-state index in [2.05, 4.69) is 9.80 Å². The first-order chi connectivity index (χ1) is 15.8. The molecule has 9 nitrogen and oxygen atoms in total. The highest BCUT2D eigenvalue weighted by Gasteiger charge is 2.41. The molecule has 3 aliphatic rings. The zero-order chi connectivity index (χ0) is 23.8. The molecule has 10 heteroatoms. The molecule has 3 aliphatic heterocycles. The van der Waals surface area contributed by atoms with Crippen LogP contribution in [0.25, 0.3) is 0 Å². The van der Waals surface area contributed by atoms with Crippen molar-refractivity contribution < 1.29 is 18.0 Å². The Morgan fingerprint density at radius 2 is 1.73 bits per heavy atom. The number of hydrogen-bond acceptors (Lipinski definition) is 6. The highest BCUT2D eigenvalue weighted by Crippen LogP contribution is 2.41. The van der Waals surface area contributed by atoms with E-state index in [0.29, 0.717) is 31.9 Å². The van der Waals surface area contributed by atoms with Crippen LogP contribution in [0.3, 0.4) is 0 Å². The summed E-state index contributed by atoms with van der Waals surface area (Å²) in [6, 6.07) is 4.73. The second-order valence-corrected chi connectivity index (χ2v) is 11.0. The Morgan fingerprint density at radius 1 is 1.03 bits per heavy atom. The fourth-order valence-corrected chi connectivity index (χ4v) is 6.54. The molecule has 2 amide bonds.